The summed E-state index contributed by atoms with van der Waals surface area (Å²) in [4.78, 5) is 2.30. The largest absolute Gasteiger partial charge is 0.495 e. The number of hydrogen-bond donors (Lipinski definition) is 3. The van der Waals surface area contributed by atoms with Crippen LogP contribution in [0.3, 0.4) is 0 Å². The summed E-state index contributed by atoms with van der Waals surface area (Å²) in [5.41, 5.74) is 1.90. The third-order valence-corrected chi connectivity index (χ3v) is 8.74. The van der Waals surface area contributed by atoms with Crippen molar-refractivity contribution < 1.29 is 36.2 Å². The van der Waals surface area contributed by atoms with Crippen LogP contribution in [0.4, 0.5) is 24.5 Å². The fraction of sp³-hybridized carbons (Fsp3) is 0.484. The number of alkyl halides is 3. The van der Waals surface area contributed by atoms with E-state index in [0.29, 0.717) is 28.9 Å². The van der Waals surface area contributed by atoms with Gasteiger partial charge in [-0.1, -0.05) is 18.9 Å². The first-order valence-corrected chi connectivity index (χ1v) is 16.1. The normalized spacial score (nSPS) is 18.5. The molecule has 3 atom stereocenters. The molecule has 0 aliphatic carbocycles. The number of halogens is 3. The molecule has 3 N–H and O–H groups in total. The summed E-state index contributed by atoms with van der Waals surface area (Å²) in [7, 11) is -0.453. The van der Waals surface area contributed by atoms with E-state index >= 15 is 0 Å². The van der Waals surface area contributed by atoms with Crippen LogP contribution in [-0.2, 0) is 21.1 Å². The molecule has 1 unspecified atom stereocenters. The van der Waals surface area contributed by atoms with Gasteiger partial charge >= 0.3 is 6.18 Å². The number of methoxy groups -OCH3 is 2. The van der Waals surface area contributed by atoms with Crippen LogP contribution >= 0.6 is 0 Å². The van der Waals surface area contributed by atoms with Crippen LogP contribution in [0.5, 0.6) is 5.75 Å². The Morgan fingerprint density at radius 2 is 1.93 bits per heavy atom. The van der Waals surface area contributed by atoms with E-state index in [2.05, 4.69) is 34.3 Å². The third kappa shape index (κ3) is 8.59. The Balaban J connectivity index is 1.54. The molecule has 13 heteroatoms. The SMILES string of the molecule is COCC(O)CN1CC[C@H](Nc2cccc3c2cc(C#CCNc2ccc(S(C)(=O)=O)cc2OC)n3CC(F)(F)F)[C@@H](C)C1. The highest BCUT2D eigenvalue weighted by Crippen LogP contribution is 2.32. The van der Waals surface area contributed by atoms with Crippen molar-refractivity contribution in [1.29, 1.82) is 0 Å². The summed E-state index contributed by atoms with van der Waals surface area (Å²) in [5, 5.41) is 17.4. The summed E-state index contributed by atoms with van der Waals surface area (Å²) in [6, 6.07) is 11.4. The molecule has 0 bridgehead atoms. The maximum atomic E-state index is 13.7. The Morgan fingerprint density at radius 1 is 1.16 bits per heavy atom. The molecule has 0 amide bonds. The molecule has 1 aromatic heterocycles. The van der Waals surface area contributed by atoms with Gasteiger partial charge in [0.1, 0.15) is 12.3 Å². The van der Waals surface area contributed by atoms with E-state index in [1.165, 1.54) is 23.8 Å². The zero-order chi connectivity index (χ0) is 32.1. The maximum absolute atomic E-state index is 13.7. The van der Waals surface area contributed by atoms with Gasteiger partial charge in [0.2, 0.25) is 0 Å². The molecule has 4 rings (SSSR count). The van der Waals surface area contributed by atoms with E-state index in [4.69, 9.17) is 9.47 Å². The van der Waals surface area contributed by atoms with E-state index in [-0.39, 0.29) is 35.7 Å². The van der Waals surface area contributed by atoms with Crippen molar-refractivity contribution in [2.24, 2.45) is 5.92 Å². The number of benzene rings is 2. The van der Waals surface area contributed by atoms with Gasteiger partial charge in [-0.2, -0.15) is 13.2 Å². The average Bonchev–Trinajstić information content (AvgIpc) is 3.28. The summed E-state index contributed by atoms with van der Waals surface area (Å²) < 4.78 is 76.2. The molecule has 2 aromatic carbocycles. The summed E-state index contributed by atoms with van der Waals surface area (Å²) in [5.74, 6) is 6.32. The van der Waals surface area contributed by atoms with Crippen LogP contribution in [0.2, 0.25) is 0 Å². The van der Waals surface area contributed by atoms with Gasteiger partial charge in [-0.15, -0.1) is 0 Å². The van der Waals surface area contributed by atoms with Crippen LogP contribution in [0, 0.1) is 17.8 Å². The van der Waals surface area contributed by atoms with E-state index in [9.17, 15) is 26.7 Å². The smallest absolute Gasteiger partial charge is 0.406 e. The molecular weight excluding hydrogens is 597 g/mol. The Kier molecular flexibility index (Phi) is 10.7. The zero-order valence-corrected chi connectivity index (χ0v) is 26.1. The third-order valence-electron chi connectivity index (χ3n) is 7.63. The van der Waals surface area contributed by atoms with E-state index in [1.54, 1.807) is 31.4 Å². The van der Waals surface area contributed by atoms with Gasteiger partial charge in [0, 0.05) is 56.2 Å². The Labute approximate surface area is 256 Å². The van der Waals surface area contributed by atoms with Crippen molar-refractivity contribution in [3.8, 4) is 17.6 Å². The lowest BCUT2D eigenvalue weighted by molar-refractivity contribution is -0.140. The molecule has 3 aromatic rings. The molecule has 9 nitrogen and oxygen atoms in total. The van der Waals surface area contributed by atoms with Gasteiger partial charge in [0.15, 0.2) is 9.84 Å². The van der Waals surface area contributed by atoms with Gasteiger partial charge in [0.25, 0.3) is 0 Å². The van der Waals surface area contributed by atoms with Crippen molar-refractivity contribution in [2.75, 3.05) is 63.9 Å². The first-order valence-electron chi connectivity index (χ1n) is 14.2. The second-order valence-electron chi connectivity index (χ2n) is 11.1. The second kappa shape index (κ2) is 14.1. The van der Waals surface area contributed by atoms with Crippen LogP contribution in [0.1, 0.15) is 19.0 Å². The highest BCUT2D eigenvalue weighted by Gasteiger charge is 2.31. The second-order valence-corrected chi connectivity index (χ2v) is 13.2. The summed E-state index contributed by atoms with van der Waals surface area (Å²) in [6.07, 6.45) is -3.10. The topological polar surface area (TPSA) is 105 Å². The van der Waals surface area contributed by atoms with Gasteiger partial charge < -0.3 is 34.7 Å². The predicted molar refractivity (Wildman–Crippen MR) is 165 cm³/mol. The summed E-state index contributed by atoms with van der Waals surface area (Å²) >= 11 is 0. The minimum absolute atomic E-state index is 0.0857. The number of fused-ring (bicyclic) bond motifs is 1. The number of β-amino-alcohol motifs (C(OH)–C–C–N with tert-alkyl or cyclic N) is 1. The van der Waals surface area contributed by atoms with Crippen LogP contribution in [0.15, 0.2) is 47.4 Å². The molecule has 2 heterocycles. The van der Waals surface area contributed by atoms with Crippen molar-refractivity contribution in [2.45, 2.75) is 43.1 Å². The van der Waals surface area contributed by atoms with E-state index in [0.717, 1.165) is 31.5 Å². The molecular formula is C31H39F3N4O5S. The highest BCUT2D eigenvalue weighted by atomic mass is 32.2. The number of aliphatic hydroxyl groups excluding tert-OH is 1. The molecule has 1 aliphatic rings. The minimum Gasteiger partial charge on any atom is -0.495 e. The number of hydrogen-bond acceptors (Lipinski definition) is 8. The highest BCUT2D eigenvalue weighted by molar-refractivity contribution is 7.90. The lowest BCUT2D eigenvalue weighted by Crippen LogP contribution is -2.48. The van der Waals surface area contributed by atoms with Gasteiger partial charge in [-0.25, -0.2) is 8.42 Å². The number of ether oxygens (including phenoxy) is 2. The van der Waals surface area contributed by atoms with Gasteiger partial charge in [-0.3, -0.25) is 0 Å². The molecule has 240 valence electrons. The van der Waals surface area contributed by atoms with Crippen LogP contribution < -0.4 is 15.4 Å². The first-order chi connectivity index (χ1) is 20.8. The number of nitrogens with zero attached hydrogens (tertiary/aromatic N) is 2. The van der Waals surface area contributed by atoms with E-state index in [1.807, 2.05) is 6.07 Å². The van der Waals surface area contributed by atoms with Gasteiger partial charge in [0.05, 0.1) is 48.2 Å². The number of nitrogens with one attached hydrogen (secondary N) is 2. The van der Waals surface area contributed by atoms with E-state index < -0.39 is 28.7 Å². The standard InChI is InChI=1S/C31H39F3N4O5S/c1-21-17-37(18-23(39)19-42-2)14-12-26(21)36-27-8-5-9-29-25(27)15-22(38(29)20-31(32,33)34)7-6-13-35-28-11-10-24(44(4,40)41)16-30(28)43-3/h5,8-11,15-16,21,23,26,35-36,39H,12-14,17-20H2,1-4H3/t21-,23?,26-/m0/s1. The van der Waals surface area contributed by atoms with Crippen molar-refractivity contribution >= 4 is 32.1 Å². The number of piperidine rings is 1. The Hall–Kier alpha value is -3.44. The maximum Gasteiger partial charge on any atom is 0.406 e. The number of sulfone groups is 1. The first kappa shape index (κ1) is 33.5. The number of rotatable bonds is 11. The minimum atomic E-state index is -4.45. The molecule has 1 saturated heterocycles. The Bertz CT molecular complexity index is 1610. The fourth-order valence-electron chi connectivity index (χ4n) is 5.54. The van der Waals surface area contributed by atoms with Crippen molar-refractivity contribution in [3.63, 3.8) is 0 Å². The van der Waals surface area contributed by atoms with Crippen LogP contribution in [-0.4, -0.2) is 94.6 Å². The lowest BCUT2D eigenvalue weighted by atomic mass is 9.93. The quantitative estimate of drug-likeness (QED) is 0.269. The number of aliphatic hydroxyl groups is 1. The Morgan fingerprint density at radius 3 is 2.59 bits per heavy atom. The molecule has 44 heavy (non-hydrogen) atoms. The van der Waals surface area contributed by atoms with Crippen LogP contribution in [0.25, 0.3) is 10.9 Å². The monoisotopic (exact) mass is 636 g/mol. The summed E-state index contributed by atoms with van der Waals surface area (Å²) in [6.45, 7) is 3.37. The zero-order valence-electron chi connectivity index (χ0n) is 25.2. The fourth-order valence-corrected chi connectivity index (χ4v) is 6.18. The number of aromatic nitrogens is 1. The lowest BCUT2D eigenvalue weighted by Gasteiger charge is -2.38. The predicted octanol–water partition coefficient (Wildman–Crippen LogP) is 4.21. The number of anilines is 2. The molecule has 0 saturated carbocycles. The van der Waals surface area contributed by atoms with Crippen molar-refractivity contribution in [3.05, 3.63) is 48.2 Å². The average molecular weight is 637 g/mol. The van der Waals surface area contributed by atoms with Gasteiger partial charge in [-0.05, 0) is 48.6 Å². The van der Waals surface area contributed by atoms with Crippen molar-refractivity contribution in [1.82, 2.24) is 9.47 Å². The molecule has 1 aliphatic heterocycles. The molecule has 0 radical (unpaired) electrons. The number of likely N-dealkylation sites (tertiary alicyclic amines) is 1. The molecule has 1 fully saturated rings. The molecule has 0 spiro atoms.